The van der Waals surface area contributed by atoms with E-state index in [2.05, 4.69) is 55.2 Å². The highest BCUT2D eigenvalue weighted by molar-refractivity contribution is 9.13. The lowest BCUT2D eigenvalue weighted by Gasteiger charge is -2.15. The van der Waals surface area contributed by atoms with Crippen LogP contribution >= 0.6 is 43.2 Å². The Hall–Kier alpha value is -0.430. The number of rotatable bonds is 6. The maximum atomic E-state index is 5.65. The summed E-state index contributed by atoms with van der Waals surface area (Å²) in [4.78, 5) is 5.50. The molecule has 0 aliphatic carbocycles. The molecule has 20 heavy (non-hydrogen) atoms. The third kappa shape index (κ3) is 3.81. The van der Waals surface area contributed by atoms with Crippen LogP contribution in [0.25, 0.3) is 0 Å². The van der Waals surface area contributed by atoms with Crippen molar-refractivity contribution in [2.24, 2.45) is 0 Å². The lowest BCUT2D eigenvalue weighted by atomic mass is 10.1. The second kappa shape index (κ2) is 7.54. The third-order valence-corrected chi connectivity index (χ3v) is 6.10. The summed E-state index contributed by atoms with van der Waals surface area (Å²) >= 11 is 8.77. The van der Waals surface area contributed by atoms with Crippen molar-refractivity contribution in [3.63, 3.8) is 0 Å². The quantitative estimate of drug-likeness (QED) is 0.732. The highest BCUT2D eigenvalue weighted by Gasteiger charge is 2.17. The van der Waals surface area contributed by atoms with E-state index in [0.29, 0.717) is 6.61 Å². The van der Waals surface area contributed by atoms with Crippen molar-refractivity contribution in [2.45, 2.75) is 19.4 Å². The minimum atomic E-state index is 0.111. The smallest absolute Gasteiger partial charge is 0.137 e. The van der Waals surface area contributed by atoms with E-state index in [9.17, 15) is 0 Å². The molecule has 1 atom stereocenters. The summed E-state index contributed by atoms with van der Waals surface area (Å²) in [6, 6.07) is 4.28. The molecule has 0 saturated carbocycles. The number of nitrogens with zero attached hydrogens (tertiary/aromatic N) is 1. The molecule has 2 heterocycles. The van der Waals surface area contributed by atoms with Gasteiger partial charge in [0, 0.05) is 15.5 Å². The van der Waals surface area contributed by atoms with Crippen LogP contribution in [-0.4, -0.2) is 18.6 Å². The topological polar surface area (TPSA) is 34.1 Å². The second-order valence-corrected chi connectivity index (χ2v) is 7.55. The Morgan fingerprint density at radius 3 is 2.75 bits per heavy atom. The van der Waals surface area contributed by atoms with Gasteiger partial charge in [0.05, 0.1) is 22.6 Å². The normalized spacial score (nSPS) is 12.4. The lowest BCUT2D eigenvalue weighted by Crippen LogP contribution is -2.16. The molecule has 0 fully saturated rings. The molecule has 0 saturated heterocycles. The van der Waals surface area contributed by atoms with Crippen molar-refractivity contribution in [2.75, 3.05) is 13.7 Å². The van der Waals surface area contributed by atoms with Gasteiger partial charge in [-0.05, 0) is 63.0 Å². The van der Waals surface area contributed by atoms with E-state index < -0.39 is 0 Å². The molecular weight excluding hydrogens is 404 g/mol. The molecule has 0 bridgehead atoms. The summed E-state index contributed by atoms with van der Waals surface area (Å²) in [6.07, 6.45) is 4.62. The van der Waals surface area contributed by atoms with Gasteiger partial charge in [0.15, 0.2) is 0 Å². The van der Waals surface area contributed by atoms with E-state index in [4.69, 9.17) is 4.74 Å². The van der Waals surface area contributed by atoms with Crippen LogP contribution in [-0.2, 0) is 0 Å². The molecule has 0 aliphatic heterocycles. The number of halogens is 2. The van der Waals surface area contributed by atoms with Crippen LogP contribution < -0.4 is 10.1 Å². The molecule has 2 aromatic heterocycles. The first-order valence-electron chi connectivity index (χ1n) is 6.35. The number of ether oxygens (including phenoxy) is 1. The summed E-state index contributed by atoms with van der Waals surface area (Å²) < 4.78 is 7.82. The van der Waals surface area contributed by atoms with Crippen LogP contribution in [0.2, 0.25) is 0 Å². The summed E-state index contributed by atoms with van der Waals surface area (Å²) in [6.45, 7) is 2.81. The third-order valence-electron chi connectivity index (χ3n) is 2.78. The molecule has 2 aromatic rings. The Morgan fingerprint density at radius 2 is 2.15 bits per heavy atom. The van der Waals surface area contributed by atoms with Gasteiger partial charge in [-0.1, -0.05) is 6.92 Å². The SMILES string of the molecule is CCCOc1cncc(C(NC)c2cc(Br)c(Br)s2)c1. The summed E-state index contributed by atoms with van der Waals surface area (Å²) in [5, 5.41) is 3.33. The minimum Gasteiger partial charge on any atom is -0.492 e. The fraction of sp³-hybridized carbons (Fsp3) is 0.357. The van der Waals surface area contributed by atoms with E-state index in [-0.39, 0.29) is 6.04 Å². The zero-order valence-corrected chi connectivity index (χ0v) is 15.3. The van der Waals surface area contributed by atoms with E-state index in [1.54, 1.807) is 17.5 Å². The number of aromatic nitrogens is 1. The van der Waals surface area contributed by atoms with Crippen LogP contribution in [0.1, 0.15) is 29.8 Å². The molecular formula is C14H16Br2N2OS. The number of thiophene rings is 1. The van der Waals surface area contributed by atoms with Crippen molar-refractivity contribution >= 4 is 43.2 Å². The molecule has 0 radical (unpaired) electrons. The largest absolute Gasteiger partial charge is 0.492 e. The molecule has 2 rings (SSSR count). The molecule has 1 unspecified atom stereocenters. The average molecular weight is 420 g/mol. The summed E-state index contributed by atoms with van der Waals surface area (Å²) in [7, 11) is 1.95. The first-order chi connectivity index (χ1) is 9.65. The van der Waals surface area contributed by atoms with E-state index >= 15 is 0 Å². The molecule has 108 valence electrons. The maximum absolute atomic E-state index is 5.65. The van der Waals surface area contributed by atoms with Crippen molar-refractivity contribution in [3.8, 4) is 5.75 Å². The van der Waals surface area contributed by atoms with Gasteiger partial charge in [0.2, 0.25) is 0 Å². The predicted molar refractivity (Wildman–Crippen MR) is 90.6 cm³/mol. The van der Waals surface area contributed by atoms with Gasteiger partial charge in [-0.3, -0.25) is 4.98 Å². The number of pyridine rings is 1. The van der Waals surface area contributed by atoms with Crippen LogP contribution in [0.4, 0.5) is 0 Å². The van der Waals surface area contributed by atoms with E-state index in [1.807, 2.05) is 19.3 Å². The Morgan fingerprint density at radius 1 is 1.35 bits per heavy atom. The Bertz CT molecular complexity index is 555. The lowest BCUT2D eigenvalue weighted by molar-refractivity contribution is 0.315. The maximum Gasteiger partial charge on any atom is 0.137 e. The van der Waals surface area contributed by atoms with E-state index in [1.165, 1.54) is 4.88 Å². The fourth-order valence-corrected chi connectivity index (χ4v) is 4.10. The number of hydrogen-bond donors (Lipinski definition) is 1. The Balaban J connectivity index is 2.27. The molecule has 3 nitrogen and oxygen atoms in total. The number of nitrogens with one attached hydrogen (secondary N) is 1. The minimum absolute atomic E-state index is 0.111. The van der Waals surface area contributed by atoms with Crippen molar-refractivity contribution in [1.29, 1.82) is 0 Å². The van der Waals surface area contributed by atoms with E-state index in [0.717, 1.165) is 26.0 Å². The highest BCUT2D eigenvalue weighted by atomic mass is 79.9. The van der Waals surface area contributed by atoms with Gasteiger partial charge in [-0.15, -0.1) is 11.3 Å². The molecule has 1 N–H and O–H groups in total. The monoisotopic (exact) mass is 418 g/mol. The standard InChI is InChI=1S/C14H16Br2N2OS/c1-3-4-19-10-5-9(7-18-8-10)13(17-2)12-6-11(15)14(16)20-12/h5-8,13,17H,3-4H2,1-2H3. The predicted octanol–water partition coefficient (Wildman–Crippen LogP) is 4.77. The highest BCUT2D eigenvalue weighted by Crippen LogP contribution is 2.37. The Labute approximate surface area is 140 Å². The summed E-state index contributed by atoms with van der Waals surface area (Å²) in [5.41, 5.74) is 1.10. The molecule has 6 heteroatoms. The first kappa shape index (κ1) is 15.9. The average Bonchev–Trinajstić information content (AvgIpc) is 2.77. The molecule has 0 aromatic carbocycles. The second-order valence-electron chi connectivity index (χ2n) is 4.29. The number of hydrogen-bond acceptors (Lipinski definition) is 4. The Kier molecular flexibility index (Phi) is 6.01. The van der Waals surface area contributed by atoms with Gasteiger partial charge < -0.3 is 10.1 Å². The van der Waals surface area contributed by atoms with Crippen molar-refractivity contribution in [3.05, 3.63) is 43.2 Å². The van der Waals surface area contributed by atoms with Crippen LogP contribution in [0, 0.1) is 0 Å². The van der Waals surface area contributed by atoms with Crippen LogP contribution in [0.3, 0.4) is 0 Å². The van der Waals surface area contributed by atoms with Crippen LogP contribution in [0.15, 0.2) is 32.8 Å². The van der Waals surface area contributed by atoms with Gasteiger partial charge in [0.25, 0.3) is 0 Å². The van der Waals surface area contributed by atoms with Gasteiger partial charge in [0.1, 0.15) is 5.75 Å². The zero-order valence-electron chi connectivity index (χ0n) is 11.3. The van der Waals surface area contributed by atoms with Gasteiger partial charge >= 0.3 is 0 Å². The first-order valence-corrected chi connectivity index (χ1v) is 8.75. The molecule has 0 spiro atoms. The van der Waals surface area contributed by atoms with Crippen LogP contribution in [0.5, 0.6) is 5.75 Å². The fourth-order valence-electron chi connectivity index (χ4n) is 1.87. The van der Waals surface area contributed by atoms with Crippen molar-refractivity contribution < 1.29 is 4.74 Å². The van der Waals surface area contributed by atoms with Gasteiger partial charge in [-0.2, -0.15) is 0 Å². The van der Waals surface area contributed by atoms with Gasteiger partial charge in [-0.25, -0.2) is 0 Å². The van der Waals surface area contributed by atoms with Crippen molar-refractivity contribution in [1.82, 2.24) is 10.3 Å². The summed E-state index contributed by atoms with van der Waals surface area (Å²) in [5.74, 6) is 0.819. The molecule has 0 aliphatic rings. The zero-order chi connectivity index (χ0) is 14.5. The molecule has 0 amide bonds.